The molecule has 1 nitrogen and oxygen atoms in total. The molecule has 0 bridgehead atoms. The number of aromatic nitrogens is 1. The van der Waals surface area contributed by atoms with Crippen molar-refractivity contribution < 1.29 is 0 Å². The van der Waals surface area contributed by atoms with Crippen LogP contribution in [0.25, 0.3) is 0 Å². The average Bonchev–Trinajstić information content (AvgIpc) is 1.80. The first-order chi connectivity index (χ1) is 4.20. The molecular formula is C6H5Br2N. The van der Waals surface area contributed by atoms with Crippen molar-refractivity contribution in [2.45, 2.75) is 6.92 Å². The Bertz CT molecular complexity index is 222. The van der Waals surface area contributed by atoms with E-state index in [9.17, 15) is 0 Å². The lowest BCUT2D eigenvalue weighted by atomic mass is 10.3. The summed E-state index contributed by atoms with van der Waals surface area (Å²) in [6.45, 7) is 2.00. The third kappa shape index (κ3) is 1.76. The highest BCUT2D eigenvalue weighted by Gasteiger charge is 1.93. The molecule has 0 saturated carbocycles. The SMILES string of the molecule is Cc1ccc(Br)nc1Br. The summed E-state index contributed by atoms with van der Waals surface area (Å²) >= 11 is 6.56. The van der Waals surface area contributed by atoms with Crippen molar-refractivity contribution in [3.63, 3.8) is 0 Å². The maximum atomic E-state index is 4.11. The van der Waals surface area contributed by atoms with Gasteiger partial charge in [-0.05, 0) is 50.4 Å². The van der Waals surface area contributed by atoms with Crippen LogP contribution in [0.5, 0.6) is 0 Å². The minimum atomic E-state index is 0.861. The van der Waals surface area contributed by atoms with Gasteiger partial charge < -0.3 is 0 Å². The molecule has 0 amide bonds. The van der Waals surface area contributed by atoms with Crippen LogP contribution in [0.15, 0.2) is 21.3 Å². The zero-order valence-electron chi connectivity index (χ0n) is 4.86. The second-order valence-electron chi connectivity index (χ2n) is 1.74. The van der Waals surface area contributed by atoms with Gasteiger partial charge in [0.05, 0.1) is 0 Å². The van der Waals surface area contributed by atoms with Crippen molar-refractivity contribution in [3.8, 4) is 0 Å². The number of nitrogens with zero attached hydrogens (tertiary/aromatic N) is 1. The molecule has 0 unspecified atom stereocenters. The van der Waals surface area contributed by atoms with Gasteiger partial charge in [-0.3, -0.25) is 0 Å². The molecule has 1 aromatic rings. The van der Waals surface area contributed by atoms with Gasteiger partial charge in [0.2, 0.25) is 0 Å². The molecule has 0 saturated heterocycles. The van der Waals surface area contributed by atoms with E-state index >= 15 is 0 Å². The molecule has 0 N–H and O–H groups in total. The summed E-state index contributed by atoms with van der Waals surface area (Å²) in [5.74, 6) is 0. The van der Waals surface area contributed by atoms with Crippen LogP contribution in [-0.2, 0) is 0 Å². The Morgan fingerprint density at radius 2 is 2.00 bits per heavy atom. The van der Waals surface area contributed by atoms with E-state index in [0.717, 1.165) is 14.8 Å². The fraction of sp³-hybridized carbons (Fsp3) is 0.167. The predicted molar refractivity (Wildman–Crippen MR) is 44.4 cm³/mol. The lowest BCUT2D eigenvalue weighted by Crippen LogP contribution is -1.80. The van der Waals surface area contributed by atoms with Gasteiger partial charge in [0.15, 0.2) is 0 Å². The van der Waals surface area contributed by atoms with Gasteiger partial charge in [-0.15, -0.1) is 0 Å². The van der Waals surface area contributed by atoms with Gasteiger partial charge in [0.1, 0.15) is 9.21 Å². The lowest BCUT2D eigenvalue weighted by molar-refractivity contribution is 1.18. The third-order valence-corrected chi connectivity index (χ3v) is 2.25. The van der Waals surface area contributed by atoms with Gasteiger partial charge in [0.25, 0.3) is 0 Å². The van der Waals surface area contributed by atoms with Crippen LogP contribution < -0.4 is 0 Å². The van der Waals surface area contributed by atoms with E-state index in [4.69, 9.17) is 0 Å². The van der Waals surface area contributed by atoms with Crippen molar-refractivity contribution >= 4 is 31.9 Å². The molecule has 1 rings (SSSR count). The quantitative estimate of drug-likeness (QED) is 0.646. The number of rotatable bonds is 0. The van der Waals surface area contributed by atoms with Crippen molar-refractivity contribution in [1.82, 2.24) is 4.98 Å². The van der Waals surface area contributed by atoms with E-state index in [1.165, 1.54) is 0 Å². The van der Waals surface area contributed by atoms with Crippen LogP contribution in [0.2, 0.25) is 0 Å². The largest absolute Gasteiger partial charge is 0.234 e. The van der Waals surface area contributed by atoms with E-state index in [0.29, 0.717) is 0 Å². The van der Waals surface area contributed by atoms with Crippen molar-refractivity contribution in [2.24, 2.45) is 0 Å². The maximum absolute atomic E-state index is 4.11. The number of pyridine rings is 1. The summed E-state index contributed by atoms with van der Waals surface area (Å²) in [5, 5.41) is 0. The Morgan fingerprint density at radius 3 is 2.44 bits per heavy atom. The van der Waals surface area contributed by atoms with E-state index in [1.54, 1.807) is 0 Å². The number of aryl methyl sites for hydroxylation is 1. The van der Waals surface area contributed by atoms with E-state index in [-0.39, 0.29) is 0 Å². The first kappa shape index (κ1) is 7.22. The van der Waals surface area contributed by atoms with Crippen LogP contribution in [0.3, 0.4) is 0 Å². The molecule has 0 aromatic carbocycles. The Morgan fingerprint density at radius 1 is 1.33 bits per heavy atom. The summed E-state index contributed by atoms with van der Waals surface area (Å²) in [5.41, 5.74) is 1.15. The molecular weight excluding hydrogens is 246 g/mol. The van der Waals surface area contributed by atoms with Crippen molar-refractivity contribution in [1.29, 1.82) is 0 Å². The zero-order valence-corrected chi connectivity index (χ0v) is 8.03. The first-order valence-electron chi connectivity index (χ1n) is 2.49. The van der Waals surface area contributed by atoms with Crippen LogP contribution in [0, 0.1) is 6.92 Å². The standard InChI is InChI=1S/C6H5Br2N/c1-4-2-3-5(7)9-6(4)8/h2-3H,1H3. The van der Waals surface area contributed by atoms with E-state index in [1.807, 2.05) is 19.1 Å². The first-order valence-corrected chi connectivity index (χ1v) is 4.07. The van der Waals surface area contributed by atoms with Crippen LogP contribution in [0.1, 0.15) is 5.56 Å². The van der Waals surface area contributed by atoms with Crippen LogP contribution in [0.4, 0.5) is 0 Å². The Kier molecular flexibility index (Phi) is 2.24. The monoisotopic (exact) mass is 249 g/mol. The Labute approximate surface area is 70.8 Å². The van der Waals surface area contributed by atoms with E-state index in [2.05, 4.69) is 36.8 Å². The number of hydrogen-bond donors (Lipinski definition) is 0. The minimum absolute atomic E-state index is 0.861. The van der Waals surface area contributed by atoms with Gasteiger partial charge in [-0.25, -0.2) is 4.98 Å². The van der Waals surface area contributed by atoms with Crippen LogP contribution >= 0.6 is 31.9 Å². The average molecular weight is 251 g/mol. The second-order valence-corrected chi connectivity index (χ2v) is 3.31. The molecule has 0 aliphatic heterocycles. The van der Waals surface area contributed by atoms with Crippen molar-refractivity contribution in [3.05, 3.63) is 26.9 Å². The molecule has 1 heterocycles. The molecule has 9 heavy (non-hydrogen) atoms. The molecule has 0 spiro atoms. The second kappa shape index (κ2) is 2.80. The summed E-state index contributed by atoms with van der Waals surface area (Å²) in [6.07, 6.45) is 0. The summed E-state index contributed by atoms with van der Waals surface area (Å²) < 4.78 is 1.76. The molecule has 3 heteroatoms. The number of hydrogen-bond acceptors (Lipinski definition) is 1. The van der Waals surface area contributed by atoms with E-state index < -0.39 is 0 Å². The summed E-state index contributed by atoms with van der Waals surface area (Å²) in [4.78, 5) is 4.11. The van der Waals surface area contributed by atoms with Gasteiger partial charge in [0, 0.05) is 0 Å². The molecule has 0 aliphatic carbocycles. The molecule has 48 valence electrons. The highest BCUT2D eigenvalue weighted by molar-refractivity contribution is 9.11. The fourth-order valence-corrected chi connectivity index (χ4v) is 1.35. The molecule has 1 aromatic heterocycles. The number of halogens is 2. The topological polar surface area (TPSA) is 12.9 Å². The predicted octanol–water partition coefficient (Wildman–Crippen LogP) is 2.92. The van der Waals surface area contributed by atoms with Gasteiger partial charge in [-0.2, -0.15) is 0 Å². The normalized spacial score (nSPS) is 9.67. The summed E-state index contributed by atoms with van der Waals surface area (Å²) in [7, 11) is 0. The lowest BCUT2D eigenvalue weighted by Gasteiger charge is -1.94. The highest BCUT2D eigenvalue weighted by Crippen LogP contribution is 2.15. The summed E-state index contributed by atoms with van der Waals surface area (Å²) in [6, 6.07) is 3.92. The molecule has 0 radical (unpaired) electrons. The highest BCUT2D eigenvalue weighted by atomic mass is 79.9. The van der Waals surface area contributed by atoms with Crippen LogP contribution in [-0.4, -0.2) is 4.98 Å². The van der Waals surface area contributed by atoms with Gasteiger partial charge >= 0.3 is 0 Å². The zero-order chi connectivity index (χ0) is 6.85. The van der Waals surface area contributed by atoms with Crippen molar-refractivity contribution in [2.75, 3.05) is 0 Å². The maximum Gasteiger partial charge on any atom is 0.110 e. The minimum Gasteiger partial charge on any atom is -0.234 e. The smallest absolute Gasteiger partial charge is 0.110 e. The fourth-order valence-electron chi connectivity index (χ4n) is 0.482. The molecule has 0 fully saturated rings. The molecule has 0 atom stereocenters. The molecule has 0 aliphatic rings. The Balaban J connectivity index is 3.17. The Hall–Kier alpha value is 0.110. The third-order valence-electron chi connectivity index (χ3n) is 1.00. The van der Waals surface area contributed by atoms with Gasteiger partial charge in [-0.1, -0.05) is 6.07 Å².